The summed E-state index contributed by atoms with van der Waals surface area (Å²) in [5.41, 5.74) is 3.44. The summed E-state index contributed by atoms with van der Waals surface area (Å²) in [5, 5.41) is 14.9. The van der Waals surface area contributed by atoms with E-state index in [0.717, 1.165) is 16.7 Å². The molecule has 2 aromatic heterocycles. The summed E-state index contributed by atoms with van der Waals surface area (Å²) in [6, 6.07) is 9.45. The molecule has 1 saturated heterocycles. The molecule has 1 fully saturated rings. The molecule has 4 amide bonds. The highest BCUT2D eigenvalue weighted by Gasteiger charge is 2.51. The van der Waals surface area contributed by atoms with Gasteiger partial charge in [-0.15, -0.1) is 0 Å². The Morgan fingerprint density at radius 1 is 1.11 bits per heavy atom. The summed E-state index contributed by atoms with van der Waals surface area (Å²) in [4.78, 5) is 56.5. The molecule has 3 aliphatic rings. The molecule has 6 rings (SSSR count). The molecule has 1 atom stereocenters. The molecule has 2 aliphatic heterocycles. The van der Waals surface area contributed by atoms with Gasteiger partial charge < -0.3 is 20.9 Å². The lowest BCUT2D eigenvalue weighted by atomic mass is 9.79. The third-order valence-electron chi connectivity index (χ3n) is 7.79. The van der Waals surface area contributed by atoms with Crippen LogP contribution in [0, 0.1) is 5.92 Å². The van der Waals surface area contributed by atoms with Crippen molar-refractivity contribution in [3.05, 3.63) is 71.2 Å². The van der Waals surface area contributed by atoms with Crippen LogP contribution in [0.1, 0.15) is 39.9 Å². The standard InChI is InChI=1S/C27H27N7O4/c35-22(15-29-24(36)16-5-8-34(9-6-16)25(37)19-13-30-31-14-19)32-20-4-3-17-11-27(12-18(17)10-20)21-2-1-7-28-23(21)33-26(27)38/h1-4,7,10,13-14,16H,5-6,8-9,11-12,15H2,(H,29,36)(H,30,31)(H,32,35)(H,28,33,38). The molecule has 194 valence electrons. The molecule has 0 saturated carbocycles. The van der Waals surface area contributed by atoms with E-state index in [1.165, 1.54) is 6.20 Å². The van der Waals surface area contributed by atoms with Crippen molar-refractivity contribution < 1.29 is 19.2 Å². The molecule has 4 heterocycles. The second-order valence-corrected chi connectivity index (χ2v) is 10.1. The number of benzene rings is 1. The number of anilines is 2. The van der Waals surface area contributed by atoms with Crippen LogP contribution in [0.4, 0.5) is 11.5 Å². The predicted molar refractivity (Wildman–Crippen MR) is 137 cm³/mol. The number of hydrogen-bond acceptors (Lipinski definition) is 6. The molecule has 3 aromatic rings. The maximum Gasteiger partial charge on any atom is 0.257 e. The number of amides is 4. The van der Waals surface area contributed by atoms with Crippen molar-refractivity contribution in [2.24, 2.45) is 5.92 Å². The number of H-pyrrole nitrogens is 1. The van der Waals surface area contributed by atoms with Gasteiger partial charge in [-0.3, -0.25) is 24.3 Å². The molecule has 11 heteroatoms. The molecule has 11 nitrogen and oxygen atoms in total. The van der Waals surface area contributed by atoms with Crippen LogP contribution in [0.5, 0.6) is 0 Å². The normalized spacial score (nSPS) is 20.1. The third kappa shape index (κ3) is 4.19. The largest absolute Gasteiger partial charge is 0.347 e. The molecule has 0 radical (unpaired) electrons. The number of hydrogen-bond donors (Lipinski definition) is 4. The molecule has 1 aromatic carbocycles. The quantitative estimate of drug-likeness (QED) is 0.405. The molecule has 38 heavy (non-hydrogen) atoms. The lowest BCUT2D eigenvalue weighted by Crippen LogP contribution is -2.44. The first kappa shape index (κ1) is 23.8. The van der Waals surface area contributed by atoms with E-state index in [2.05, 4.69) is 31.1 Å². The van der Waals surface area contributed by atoms with Crippen molar-refractivity contribution in [1.29, 1.82) is 0 Å². The second-order valence-electron chi connectivity index (χ2n) is 10.1. The smallest absolute Gasteiger partial charge is 0.257 e. The van der Waals surface area contributed by atoms with Crippen molar-refractivity contribution in [3.8, 4) is 0 Å². The minimum atomic E-state index is -0.665. The fourth-order valence-electron chi connectivity index (χ4n) is 5.76. The van der Waals surface area contributed by atoms with E-state index in [1.54, 1.807) is 17.3 Å². The Labute approximate surface area is 218 Å². The number of aromatic nitrogens is 3. The highest BCUT2D eigenvalue weighted by atomic mass is 16.2. The van der Waals surface area contributed by atoms with Crippen LogP contribution in [0.2, 0.25) is 0 Å². The zero-order valence-electron chi connectivity index (χ0n) is 20.6. The fourth-order valence-corrected chi connectivity index (χ4v) is 5.76. The first-order valence-corrected chi connectivity index (χ1v) is 12.7. The molecular weight excluding hydrogens is 486 g/mol. The molecule has 1 unspecified atom stereocenters. The highest BCUT2D eigenvalue weighted by molar-refractivity contribution is 6.06. The van der Waals surface area contributed by atoms with Gasteiger partial charge in [0.2, 0.25) is 17.7 Å². The van der Waals surface area contributed by atoms with Crippen molar-refractivity contribution >= 4 is 35.1 Å². The third-order valence-corrected chi connectivity index (χ3v) is 7.79. The number of likely N-dealkylation sites (tertiary alicyclic amines) is 1. The van der Waals surface area contributed by atoms with Gasteiger partial charge in [0.05, 0.1) is 23.7 Å². The van der Waals surface area contributed by atoms with Crippen LogP contribution in [-0.4, -0.2) is 63.3 Å². The van der Waals surface area contributed by atoms with Gasteiger partial charge in [0.25, 0.3) is 5.91 Å². The Kier molecular flexibility index (Phi) is 5.90. The number of nitrogens with one attached hydrogen (secondary N) is 4. The van der Waals surface area contributed by atoms with Gasteiger partial charge >= 0.3 is 0 Å². The van der Waals surface area contributed by atoms with E-state index in [1.807, 2.05) is 30.3 Å². The molecule has 1 spiro atoms. The SMILES string of the molecule is O=C(CNC(=O)C1CCN(C(=O)c2cn[nH]c2)CC1)Nc1ccc2c(c1)CC1(C2)C(=O)Nc2ncccc21. The van der Waals surface area contributed by atoms with Gasteiger partial charge in [0.15, 0.2) is 0 Å². The summed E-state index contributed by atoms with van der Waals surface area (Å²) in [5.74, 6) is -0.302. The summed E-state index contributed by atoms with van der Waals surface area (Å²) in [7, 11) is 0. The van der Waals surface area contributed by atoms with E-state index in [9.17, 15) is 19.2 Å². The lowest BCUT2D eigenvalue weighted by Gasteiger charge is -2.31. The average Bonchev–Trinajstić information content (AvgIpc) is 3.66. The Bertz CT molecular complexity index is 1430. The summed E-state index contributed by atoms with van der Waals surface area (Å²) >= 11 is 0. The van der Waals surface area contributed by atoms with Crippen LogP contribution < -0.4 is 16.0 Å². The van der Waals surface area contributed by atoms with Crippen LogP contribution in [0.25, 0.3) is 0 Å². The van der Waals surface area contributed by atoms with Crippen molar-refractivity contribution in [3.63, 3.8) is 0 Å². The first-order valence-electron chi connectivity index (χ1n) is 12.7. The van der Waals surface area contributed by atoms with E-state index in [4.69, 9.17) is 0 Å². The maximum absolute atomic E-state index is 12.9. The van der Waals surface area contributed by atoms with E-state index in [0.29, 0.717) is 55.8 Å². The minimum Gasteiger partial charge on any atom is -0.347 e. The van der Waals surface area contributed by atoms with Crippen molar-refractivity contribution in [1.82, 2.24) is 25.4 Å². The number of piperidine rings is 1. The molecule has 4 N–H and O–H groups in total. The minimum absolute atomic E-state index is 0.0487. The van der Waals surface area contributed by atoms with Crippen molar-refractivity contribution in [2.75, 3.05) is 30.3 Å². The Hall–Kier alpha value is -4.54. The number of nitrogens with zero attached hydrogens (tertiary/aromatic N) is 3. The van der Waals surface area contributed by atoms with Crippen LogP contribution in [-0.2, 0) is 32.6 Å². The van der Waals surface area contributed by atoms with Gasteiger partial charge in [-0.2, -0.15) is 5.10 Å². The zero-order chi connectivity index (χ0) is 26.3. The number of carbonyl (C=O) groups is 4. The Morgan fingerprint density at radius 2 is 1.92 bits per heavy atom. The first-order chi connectivity index (χ1) is 18.4. The number of carbonyl (C=O) groups excluding carboxylic acids is 4. The van der Waals surface area contributed by atoms with E-state index >= 15 is 0 Å². The highest BCUT2D eigenvalue weighted by Crippen LogP contribution is 2.46. The number of aromatic amines is 1. The monoisotopic (exact) mass is 513 g/mol. The van der Waals surface area contributed by atoms with E-state index in [-0.39, 0.29) is 36.1 Å². The fraction of sp³-hybridized carbons (Fsp3) is 0.333. The summed E-state index contributed by atoms with van der Waals surface area (Å²) in [6.45, 7) is 0.808. The molecular formula is C27H27N7O4. The number of pyridine rings is 1. The van der Waals surface area contributed by atoms with Crippen molar-refractivity contribution in [2.45, 2.75) is 31.1 Å². The van der Waals surface area contributed by atoms with Gasteiger partial charge in [-0.05, 0) is 55.0 Å². The lowest BCUT2D eigenvalue weighted by molar-refractivity contribution is -0.128. The second kappa shape index (κ2) is 9.40. The van der Waals surface area contributed by atoms with Gasteiger partial charge in [0.1, 0.15) is 5.82 Å². The number of fused-ring (bicyclic) bond motifs is 3. The topological polar surface area (TPSA) is 149 Å². The van der Waals surface area contributed by atoms with Gasteiger partial charge in [-0.25, -0.2) is 4.98 Å². The van der Waals surface area contributed by atoms with Gasteiger partial charge in [-0.1, -0.05) is 12.1 Å². The average molecular weight is 514 g/mol. The van der Waals surface area contributed by atoms with Crippen LogP contribution >= 0.6 is 0 Å². The van der Waals surface area contributed by atoms with Gasteiger partial charge in [0, 0.05) is 42.7 Å². The molecule has 1 aliphatic carbocycles. The molecule has 0 bridgehead atoms. The Balaban J connectivity index is 1.01. The summed E-state index contributed by atoms with van der Waals surface area (Å²) < 4.78 is 0. The van der Waals surface area contributed by atoms with E-state index < -0.39 is 5.41 Å². The van der Waals surface area contributed by atoms with Crippen LogP contribution in [0.3, 0.4) is 0 Å². The Morgan fingerprint density at radius 3 is 2.71 bits per heavy atom. The maximum atomic E-state index is 12.9. The van der Waals surface area contributed by atoms with Crippen LogP contribution in [0.15, 0.2) is 48.9 Å². The summed E-state index contributed by atoms with van der Waals surface area (Å²) in [6.07, 6.45) is 6.91. The zero-order valence-corrected chi connectivity index (χ0v) is 20.6. The predicted octanol–water partition coefficient (Wildman–Crippen LogP) is 1.40. The number of rotatable bonds is 5.